The highest BCUT2D eigenvalue weighted by Gasteiger charge is 2.43. The molecule has 0 aliphatic carbocycles. The number of carbonyl (C=O) groups is 1. The first-order valence-corrected chi connectivity index (χ1v) is 7.63. The molecule has 0 aromatic carbocycles. The minimum Gasteiger partial charge on any atom is -0.444 e. The zero-order valence-corrected chi connectivity index (χ0v) is 13.2. The third-order valence-electron chi connectivity index (χ3n) is 4.23. The highest BCUT2D eigenvalue weighted by molar-refractivity contribution is 5.68. The normalized spacial score (nSPS) is 30.0. The summed E-state index contributed by atoms with van der Waals surface area (Å²) in [5.41, 5.74) is -0.762. The minimum absolute atomic E-state index is 0.110. The van der Waals surface area contributed by atoms with Crippen molar-refractivity contribution in [2.45, 2.75) is 57.8 Å². The standard InChI is InChI=1S/C15H27NO5/c1-14(2,3)21-13(19)16-9-12(18)11(17)8-15(10-16)4-6-20-7-5-15/h11-12,17-18H,4-10H2,1-3H3/t11-,12+/m0/s1. The third kappa shape index (κ3) is 4.31. The Morgan fingerprint density at radius 2 is 1.86 bits per heavy atom. The summed E-state index contributed by atoms with van der Waals surface area (Å²) in [5.74, 6) is 0. The predicted molar refractivity (Wildman–Crippen MR) is 76.9 cm³/mol. The molecule has 0 unspecified atom stereocenters. The molecule has 0 radical (unpaired) electrons. The average molecular weight is 301 g/mol. The molecule has 21 heavy (non-hydrogen) atoms. The smallest absolute Gasteiger partial charge is 0.410 e. The molecule has 0 aromatic rings. The maximum atomic E-state index is 12.3. The molecule has 2 atom stereocenters. The van der Waals surface area contributed by atoms with Crippen LogP contribution in [0.15, 0.2) is 0 Å². The Bertz CT molecular complexity index is 373. The largest absolute Gasteiger partial charge is 0.444 e. The van der Waals surface area contributed by atoms with Gasteiger partial charge >= 0.3 is 6.09 Å². The molecular formula is C15H27NO5. The fourth-order valence-corrected chi connectivity index (χ4v) is 3.09. The number of rotatable bonds is 0. The van der Waals surface area contributed by atoms with Crippen molar-refractivity contribution >= 4 is 6.09 Å². The Balaban J connectivity index is 2.14. The lowest BCUT2D eigenvalue weighted by atomic mass is 9.75. The van der Waals surface area contributed by atoms with Crippen LogP contribution in [0.25, 0.3) is 0 Å². The molecule has 2 saturated heterocycles. The summed E-state index contributed by atoms with van der Waals surface area (Å²) in [6.45, 7) is 7.32. The van der Waals surface area contributed by atoms with E-state index in [1.54, 1.807) is 0 Å². The van der Waals surface area contributed by atoms with E-state index >= 15 is 0 Å². The molecule has 0 bridgehead atoms. The van der Waals surface area contributed by atoms with Crippen LogP contribution in [0, 0.1) is 5.41 Å². The number of β-amino-alcohol motifs (C(OH)–C–C–N with tert-alkyl or cyclic N) is 1. The van der Waals surface area contributed by atoms with Gasteiger partial charge in [-0.3, -0.25) is 0 Å². The maximum Gasteiger partial charge on any atom is 0.410 e. The zero-order chi connectivity index (χ0) is 15.7. The van der Waals surface area contributed by atoms with Crippen LogP contribution in [-0.2, 0) is 9.47 Å². The Hall–Kier alpha value is -0.850. The van der Waals surface area contributed by atoms with Crippen LogP contribution in [0.5, 0.6) is 0 Å². The molecule has 0 aromatic heterocycles. The second-order valence-corrected chi connectivity index (χ2v) is 7.31. The SMILES string of the molecule is CC(C)(C)OC(=O)N1C[C@@H](O)[C@@H](O)CC2(CCOCC2)C1. The molecule has 2 heterocycles. The molecule has 6 nitrogen and oxygen atoms in total. The summed E-state index contributed by atoms with van der Waals surface area (Å²) < 4.78 is 10.8. The summed E-state index contributed by atoms with van der Waals surface area (Å²) in [7, 11) is 0. The first-order chi connectivity index (χ1) is 9.71. The van der Waals surface area contributed by atoms with Crippen LogP contribution >= 0.6 is 0 Å². The minimum atomic E-state index is -0.931. The van der Waals surface area contributed by atoms with Crippen molar-refractivity contribution < 1.29 is 24.5 Å². The first kappa shape index (κ1) is 16.5. The summed E-state index contributed by atoms with van der Waals surface area (Å²) in [5, 5.41) is 20.2. The molecule has 2 aliphatic rings. The first-order valence-electron chi connectivity index (χ1n) is 7.63. The molecule has 2 aliphatic heterocycles. The van der Waals surface area contributed by atoms with Gasteiger partial charge in [-0.05, 0) is 45.4 Å². The van der Waals surface area contributed by atoms with Gasteiger partial charge in [0, 0.05) is 19.8 Å². The third-order valence-corrected chi connectivity index (χ3v) is 4.23. The van der Waals surface area contributed by atoms with Crippen molar-refractivity contribution in [2.75, 3.05) is 26.3 Å². The molecule has 1 amide bonds. The maximum absolute atomic E-state index is 12.3. The van der Waals surface area contributed by atoms with E-state index in [1.807, 2.05) is 20.8 Å². The van der Waals surface area contributed by atoms with E-state index in [1.165, 1.54) is 4.90 Å². The van der Waals surface area contributed by atoms with E-state index in [2.05, 4.69) is 0 Å². The number of carbonyl (C=O) groups excluding carboxylic acids is 1. The van der Waals surface area contributed by atoms with Crippen LogP contribution < -0.4 is 0 Å². The van der Waals surface area contributed by atoms with E-state index in [0.29, 0.717) is 26.2 Å². The van der Waals surface area contributed by atoms with E-state index < -0.39 is 23.9 Å². The van der Waals surface area contributed by atoms with Gasteiger partial charge in [0.05, 0.1) is 18.8 Å². The molecule has 6 heteroatoms. The number of hydrogen-bond acceptors (Lipinski definition) is 5. The number of amides is 1. The van der Waals surface area contributed by atoms with Gasteiger partial charge in [-0.25, -0.2) is 4.79 Å². The highest BCUT2D eigenvalue weighted by Crippen LogP contribution is 2.39. The van der Waals surface area contributed by atoms with Crippen molar-refractivity contribution in [1.29, 1.82) is 0 Å². The molecule has 1 spiro atoms. The molecule has 0 saturated carbocycles. The Kier molecular flexibility index (Phi) is 4.80. The van der Waals surface area contributed by atoms with Crippen molar-refractivity contribution in [2.24, 2.45) is 5.41 Å². The molecule has 2 fully saturated rings. The monoisotopic (exact) mass is 301 g/mol. The van der Waals surface area contributed by atoms with Gasteiger partial charge in [-0.1, -0.05) is 0 Å². The Morgan fingerprint density at radius 3 is 2.43 bits per heavy atom. The fraction of sp³-hybridized carbons (Fsp3) is 0.933. The number of likely N-dealkylation sites (tertiary alicyclic amines) is 1. The van der Waals surface area contributed by atoms with E-state index in [-0.39, 0.29) is 12.0 Å². The summed E-state index contributed by atoms with van der Waals surface area (Å²) in [4.78, 5) is 13.9. The summed E-state index contributed by atoms with van der Waals surface area (Å²) in [6.07, 6.45) is -0.0972. The molecule has 2 N–H and O–H groups in total. The zero-order valence-electron chi connectivity index (χ0n) is 13.2. The van der Waals surface area contributed by atoms with Gasteiger partial charge in [0.25, 0.3) is 0 Å². The van der Waals surface area contributed by atoms with Crippen LogP contribution in [0.2, 0.25) is 0 Å². The van der Waals surface area contributed by atoms with Crippen molar-refractivity contribution in [1.82, 2.24) is 4.90 Å². The topological polar surface area (TPSA) is 79.2 Å². The average Bonchev–Trinajstić information content (AvgIpc) is 2.47. The van der Waals surface area contributed by atoms with Crippen LogP contribution in [0.3, 0.4) is 0 Å². The summed E-state index contributed by atoms with van der Waals surface area (Å²) in [6, 6.07) is 0. The number of hydrogen-bond donors (Lipinski definition) is 2. The van der Waals surface area contributed by atoms with E-state index in [4.69, 9.17) is 9.47 Å². The molecule has 122 valence electrons. The van der Waals surface area contributed by atoms with Crippen molar-refractivity contribution in [3.8, 4) is 0 Å². The van der Waals surface area contributed by atoms with Crippen LogP contribution in [0.4, 0.5) is 4.79 Å². The van der Waals surface area contributed by atoms with Crippen LogP contribution in [-0.4, -0.2) is 65.3 Å². The fourth-order valence-electron chi connectivity index (χ4n) is 3.09. The van der Waals surface area contributed by atoms with Gasteiger partial charge < -0.3 is 24.6 Å². The van der Waals surface area contributed by atoms with Crippen molar-refractivity contribution in [3.63, 3.8) is 0 Å². The van der Waals surface area contributed by atoms with Gasteiger partial charge in [-0.2, -0.15) is 0 Å². The summed E-state index contributed by atoms with van der Waals surface area (Å²) >= 11 is 0. The quantitative estimate of drug-likeness (QED) is 0.701. The van der Waals surface area contributed by atoms with Gasteiger partial charge in [0.2, 0.25) is 0 Å². The van der Waals surface area contributed by atoms with Crippen LogP contribution in [0.1, 0.15) is 40.0 Å². The second kappa shape index (κ2) is 6.10. The predicted octanol–water partition coefficient (Wildman–Crippen LogP) is 1.15. The van der Waals surface area contributed by atoms with E-state index in [0.717, 1.165) is 12.8 Å². The lowest BCUT2D eigenvalue weighted by Gasteiger charge is -2.39. The van der Waals surface area contributed by atoms with Gasteiger partial charge in [0.15, 0.2) is 0 Å². The Morgan fingerprint density at radius 1 is 1.24 bits per heavy atom. The lowest BCUT2D eigenvalue weighted by Crippen LogP contribution is -2.45. The number of ether oxygens (including phenoxy) is 2. The number of nitrogens with zero attached hydrogens (tertiary/aromatic N) is 1. The molecular weight excluding hydrogens is 274 g/mol. The van der Waals surface area contributed by atoms with Gasteiger partial charge in [0.1, 0.15) is 5.60 Å². The van der Waals surface area contributed by atoms with E-state index in [9.17, 15) is 15.0 Å². The number of aliphatic hydroxyl groups is 2. The highest BCUT2D eigenvalue weighted by atomic mass is 16.6. The molecule has 2 rings (SSSR count). The van der Waals surface area contributed by atoms with Crippen molar-refractivity contribution in [3.05, 3.63) is 0 Å². The number of aliphatic hydroxyl groups excluding tert-OH is 2. The van der Waals surface area contributed by atoms with Gasteiger partial charge in [-0.15, -0.1) is 0 Å². The lowest BCUT2D eigenvalue weighted by molar-refractivity contribution is -0.0323. The second-order valence-electron chi connectivity index (χ2n) is 7.31. The Labute approximate surface area is 126 Å².